The van der Waals surface area contributed by atoms with Crippen LogP contribution in [0.5, 0.6) is 5.75 Å². The van der Waals surface area contributed by atoms with E-state index in [4.69, 9.17) is 20.9 Å². The van der Waals surface area contributed by atoms with Crippen molar-refractivity contribution in [3.05, 3.63) is 46.3 Å². The zero-order chi connectivity index (χ0) is 14.5. The number of hydrogen-bond acceptors (Lipinski definition) is 4. The molecule has 1 atom stereocenters. The van der Waals surface area contributed by atoms with Gasteiger partial charge in [0.25, 0.3) is 0 Å². The minimum absolute atomic E-state index is 0.267. The summed E-state index contributed by atoms with van der Waals surface area (Å²) in [6.45, 7) is 7.30. The maximum atomic E-state index is 6.25. The van der Waals surface area contributed by atoms with E-state index in [1.807, 2.05) is 31.2 Å². The second-order valence-electron chi connectivity index (χ2n) is 4.69. The first-order valence-electron chi connectivity index (χ1n) is 6.68. The molecule has 0 fully saturated rings. The average molecular weight is 295 g/mol. The molecule has 0 aliphatic heterocycles. The molecule has 108 valence electrons. The van der Waals surface area contributed by atoms with E-state index in [9.17, 15) is 0 Å². The summed E-state index contributed by atoms with van der Waals surface area (Å²) < 4.78 is 10.7. The Labute approximate surface area is 124 Å². The predicted molar refractivity (Wildman–Crippen MR) is 79.1 cm³/mol. The summed E-state index contributed by atoms with van der Waals surface area (Å²) in [7, 11) is 0. The Morgan fingerprint density at radius 2 is 2.20 bits per heavy atom. The number of aryl methyl sites for hydroxylation is 1. The van der Waals surface area contributed by atoms with Gasteiger partial charge in [-0.15, -0.1) is 0 Å². The third-order valence-corrected chi connectivity index (χ3v) is 3.31. The summed E-state index contributed by atoms with van der Waals surface area (Å²) in [6.07, 6.45) is 0. The number of nitrogens with zero attached hydrogens (tertiary/aromatic N) is 1. The molecule has 0 spiro atoms. The van der Waals surface area contributed by atoms with E-state index in [0.717, 1.165) is 17.8 Å². The van der Waals surface area contributed by atoms with Crippen LogP contribution in [0.25, 0.3) is 0 Å². The van der Waals surface area contributed by atoms with E-state index in [-0.39, 0.29) is 6.04 Å². The molecule has 2 aromatic rings. The number of aromatic nitrogens is 1. The number of ether oxygens (including phenoxy) is 1. The molecule has 0 aliphatic carbocycles. The van der Waals surface area contributed by atoms with Gasteiger partial charge < -0.3 is 14.6 Å². The van der Waals surface area contributed by atoms with Crippen LogP contribution in [-0.4, -0.2) is 11.7 Å². The Kier molecular flexibility index (Phi) is 5.04. The molecule has 1 heterocycles. The molecular formula is C15H19ClN2O2. The minimum atomic E-state index is 0.267. The average Bonchev–Trinajstić information content (AvgIpc) is 2.83. The van der Waals surface area contributed by atoms with Crippen LogP contribution in [0, 0.1) is 6.92 Å². The Bertz CT molecular complexity index is 569. The van der Waals surface area contributed by atoms with Crippen molar-refractivity contribution in [1.29, 1.82) is 0 Å². The van der Waals surface area contributed by atoms with E-state index < -0.39 is 0 Å². The van der Waals surface area contributed by atoms with Gasteiger partial charge >= 0.3 is 0 Å². The number of nitrogens with one attached hydrogen (secondary N) is 1. The van der Waals surface area contributed by atoms with Crippen LogP contribution >= 0.6 is 11.6 Å². The van der Waals surface area contributed by atoms with Crippen molar-refractivity contribution in [3.8, 4) is 5.75 Å². The van der Waals surface area contributed by atoms with Crippen molar-refractivity contribution in [2.75, 3.05) is 6.54 Å². The summed E-state index contributed by atoms with van der Waals surface area (Å²) in [6, 6.07) is 7.93. The first-order valence-corrected chi connectivity index (χ1v) is 7.05. The van der Waals surface area contributed by atoms with Gasteiger partial charge in [0.1, 0.15) is 12.4 Å². The van der Waals surface area contributed by atoms with Crippen molar-refractivity contribution in [2.24, 2.45) is 0 Å². The highest BCUT2D eigenvalue weighted by atomic mass is 35.5. The largest absolute Gasteiger partial charge is 0.484 e. The molecule has 0 saturated heterocycles. The maximum Gasteiger partial charge on any atom is 0.174 e. The van der Waals surface area contributed by atoms with Gasteiger partial charge in [0.05, 0.1) is 10.7 Å². The molecule has 1 unspecified atom stereocenters. The minimum Gasteiger partial charge on any atom is -0.484 e. The van der Waals surface area contributed by atoms with Gasteiger partial charge in [0.15, 0.2) is 5.76 Å². The second-order valence-corrected chi connectivity index (χ2v) is 5.10. The fourth-order valence-corrected chi connectivity index (χ4v) is 2.20. The Hall–Kier alpha value is -1.52. The van der Waals surface area contributed by atoms with Gasteiger partial charge in [-0.25, -0.2) is 0 Å². The fraction of sp³-hybridized carbons (Fsp3) is 0.400. The molecule has 0 aliphatic rings. The van der Waals surface area contributed by atoms with Crippen LogP contribution < -0.4 is 10.1 Å². The molecule has 0 saturated carbocycles. The number of hydrogen-bond donors (Lipinski definition) is 1. The van der Waals surface area contributed by atoms with Crippen molar-refractivity contribution in [1.82, 2.24) is 10.5 Å². The standard InChI is InChI=1S/C15H19ClN2O2/c1-4-17-11(3)12-5-6-15(14(16)8-12)19-9-13-7-10(2)18-20-13/h5-8,11,17H,4,9H2,1-3H3. The van der Waals surface area contributed by atoms with Gasteiger partial charge in [-0.3, -0.25) is 0 Å². The highest BCUT2D eigenvalue weighted by Crippen LogP contribution is 2.28. The number of rotatable bonds is 6. The van der Waals surface area contributed by atoms with Crippen LogP contribution in [0.4, 0.5) is 0 Å². The molecule has 20 heavy (non-hydrogen) atoms. The summed E-state index contributed by atoms with van der Waals surface area (Å²) in [4.78, 5) is 0. The lowest BCUT2D eigenvalue weighted by Gasteiger charge is -2.14. The first kappa shape index (κ1) is 14.9. The smallest absolute Gasteiger partial charge is 0.174 e. The summed E-state index contributed by atoms with van der Waals surface area (Å²) in [5.41, 5.74) is 1.98. The molecule has 2 rings (SSSR count). The third-order valence-electron chi connectivity index (χ3n) is 3.01. The lowest BCUT2D eigenvalue weighted by atomic mass is 10.1. The Morgan fingerprint density at radius 1 is 1.40 bits per heavy atom. The normalized spacial score (nSPS) is 12.4. The molecule has 0 amide bonds. The first-order chi connectivity index (χ1) is 9.60. The van der Waals surface area contributed by atoms with Crippen molar-refractivity contribution in [2.45, 2.75) is 33.4 Å². The summed E-state index contributed by atoms with van der Waals surface area (Å²) in [5.74, 6) is 1.33. The molecule has 1 aromatic carbocycles. The quantitative estimate of drug-likeness (QED) is 0.878. The van der Waals surface area contributed by atoms with E-state index >= 15 is 0 Å². The monoisotopic (exact) mass is 294 g/mol. The predicted octanol–water partition coefficient (Wildman–Crippen LogP) is 3.89. The van der Waals surface area contributed by atoms with Crippen LogP contribution in [0.1, 0.15) is 36.9 Å². The SMILES string of the molecule is CCNC(C)c1ccc(OCc2cc(C)no2)c(Cl)c1. The highest BCUT2D eigenvalue weighted by Gasteiger charge is 2.09. The lowest BCUT2D eigenvalue weighted by molar-refractivity contribution is 0.249. The van der Waals surface area contributed by atoms with Crippen molar-refractivity contribution < 1.29 is 9.26 Å². The highest BCUT2D eigenvalue weighted by molar-refractivity contribution is 6.32. The van der Waals surface area contributed by atoms with E-state index in [0.29, 0.717) is 23.1 Å². The van der Waals surface area contributed by atoms with Crippen LogP contribution in [-0.2, 0) is 6.61 Å². The van der Waals surface area contributed by atoms with Crippen molar-refractivity contribution >= 4 is 11.6 Å². The second kappa shape index (κ2) is 6.77. The summed E-state index contributed by atoms with van der Waals surface area (Å²) in [5, 5.41) is 7.76. The third kappa shape index (κ3) is 3.74. The van der Waals surface area contributed by atoms with Crippen molar-refractivity contribution in [3.63, 3.8) is 0 Å². The molecule has 1 aromatic heterocycles. The van der Waals surface area contributed by atoms with Gasteiger partial charge in [0.2, 0.25) is 0 Å². The van der Waals surface area contributed by atoms with Gasteiger partial charge in [0, 0.05) is 12.1 Å². The Balaban J connectivity index is 2.02. The zero-order valence-corrected chi connectivity index (χ0v) is 12.7. The fourth-order valence-electron chi connectivity index (χ4n) is 1.96. The lowest BCUT2D eigenvalue weighted by Crippen LogP contribution is -2.17. The van der Waals surface area contributed by atoms with Gasteiger partial charge in [-0.1, -0.05) is 29.7 Å². The number of benzene rings is 1. The molecule has 1 N–H and O–H groups in total. The molecule has 4 nitrogen and oxygen atoms in total. The molecule has 0 bridgehead atoms. The maximum absolute atomic E-state index is 6.25. The van der Waals surface area contributed by atoms with E-state index in [1.54, 1.807) is 0 Å². The van der Waals surface area contributed by atoms with Crippen LogP contribution in [0.2, 0.25) is 5.02 Å². The number of halogens is 1. The zero-order valence-electron chi connectivity index (χ0n) is 11.9. The Morgan fingerprint density at radius 3 is 2.80 bits per heavy atom. The van der Waals surface area contributed by atoms with E-state index in [2.05, 4.69) is 24.3 Å². The van der Waals surface area contributed by atoms with Crippen LogP contribution in [0.3, 0.4) is 0 Å². The van der Waals surface area contributed by atoms with Gasteiger partial charge in [-0.05, 0) is 38.1 Å². The van der Waals surface area contributed by atoms with Crippen LogP contribution in [0.15, 0.2) is 28.8 Å². The topological polar surface area (TPSA) is 47.3 Å². The van der Waals surface area contributed by atoms with Gasteiger partial charge in [-0.2, -0.15) is 0 Å². The molecule has 0 radical (unpaired) electrons. The molecular weight excluding hydrogens is 276 g/mol. The van der Waals surface area contributed by atoms with E-state index in [1.165, 1.54) is 0 Å². The molecule has 5 heteroatoms. The summed E-state index contributed by atoms with van der Waals surface area (Å²) >= 11 is 6.25.